The summed E-state index contributed by atoms with van der Waals surface area (Å²) in [6.07, 6.45) is 2.64. The van der Waals surface area contributed by atoms with Gasteiger partial charge in [-0.05, 0) is 43.8 Å². The molecule has 0 spiro atoms. The molecule has 4 rings (SSSR count). The van der Waals surface area contributed by atoms with E-state index in [4.69, 9.17) is 18.3 Å². The molecule has 49 heavy (non-hydrogen) atoms. The fourth-order valence-electron chi connectivity index (χ4n) is 7.04. The molecule has 6 heteroatoms. The van der Waals surface area contributed by atoms with Gasteiger partial charge >= 0.3 is 0 Å². The van der Waals surface area contributed by atoms with E-state index in [2.05, 4.69) is 176 Å². The summed E-state index contributed by atoms with van der Waals surface area (Å²) in [7, 11) is -5.68. The lowest BCUT2D eigenvalue weighted by atomic mass is 10.0. The number of benzene rings is 4. The van der Waals surface area contributed by atoms with E-state index in [1.165, 1.54) is 20.7 Å². The highest BCUT2D eigenvalue weighted by Gasteiger charge is 2.52. The van der Waals surface area contributed by atoms with Crippen LogP contribution in [-0.4, -0.2) is 48.8 Å². The smallest absolute Gasteiger partial charge is 0.261 e. The monoisotopic (exact) mass is 692 g/mol. The lowest BCUT2D eigenvalue weighted by molar-refractivity contribution is -0.160. The van der Waals surface area contributed by atoms with E-state index in [0.29, 0.717) is 19.8 Å². The molecule has 0 N–H and O–H groups in total. The van der Waals surface area contributed by atoms with Crippen LogP contribution >= 0.6 is 0 Å². The van der Waals surface area contributed by atoms with Crippen molar-refractivity contribution in [2.45, 2.75) is 70.9 Å². The predicted molar refractivity (Wildman–Crippen MR) is 211 cm³/mol. The number of ether oxygens (including phenoxy) is 2. The third kappa shape index (κ3) is 8.51. The van der Waals surface area contributed by atoms with Crippen molar-refractivity contribution in [3.63, 3.8) is 0 Å². The van der Waals surface area contributed by atoms with Gasteiger partial charge in [0.2, 0.25) is 0 Å². The Bertz CT molecular complexity index is 1490. The first-order valence-electron chi connectivity index (χ1n) is 17.5. The van der Waals surface area contributed by atoms with Crippen molar-refractivity contribution < 1.29 is 18.3 Å². The summed E-state index contributed by atoms with van der Waals surface area (Å²) >= 11 is 0. The molecule has 0 bridgehead atoms. The Morgan fingerprint density at radius 1 is 0.551 bits per heavy atom. The van der Waals surface area contributed by atoms with E-state index < -0.39 is 29.0 Å². The number of hydrogen-bond donors (Lipinski definition) is 0. The normalized spacial score (nSPS) is 14.5. The molecule has 0 aliphatic rings. The first-order valence-corrected chi connectivity index (χ1v) is 21.3. The van der Waals surface area contributed by atoms with Gasteiger partial charge in [-0.25, -0.2) is 0 Å². The van der Waals surface area contributed by atoms with Crippen molar-refractivity contribution in [3.8, 4) is 0 Å². The summed E-state index contributed by atoms with van der Waals surface area (Å²) in [4.78, 5) is 0. The van der Waals surface area contributed by atoms with Crippen molar-refractivity contribution >= 4 is 37.4 Å². The molecule has 0 aliphatic heterocycles. The highest BCUT2D eigenvalue weighted by atomic mass is 28.4. The molecule has 4 aromatic rings. The summed E-state index contributed by atoms with van der Waals surface area (Å²) in [6.45, 7) is 25.3. The lowest BCUT2D eigenvalue weighted by Crippen LogP contribution is -2.67. The van der Waals surface area contributed by atoms with Crippen LogP contribution in [0.3, 0.4) is 0 Å². The molecule has 0 saturated heterocycles. The molecule has 4 nitrogen and oxygen atoms in total. The molecule has 0 saturated carbocycles. The van der Waals surface area contributed by atoms with Gasteiger partial charge in [0.1, 0.15) is 0 Å². The predicted octanol–water partition coefficient (Wildman–Crippen LogP) is 7.88. The molecule has 3 atom stereocenters. The Morgan fingerprint density at radius 3 is 1.18 bits per heavy atom. The Kier molecular flexibility index (Phi) is 13.4. The molecule has 0 radical (unpaired) electrons. The van der Waals surface area contributed by atoms with Gasteiger partial charge in [0.25, 0.3) is 16.6 Å². The Morgan fingerprint density at radius 2 is 0.898 bits per heavy atom. The van der Waals surface area contributed by atoms with Crippen LogP contribution in [0.4, 0.5) is 0 Å². The molecule has 0 fully saturated rings. The van der Waals surface area contributed by atoms with E-state index in [0.717, 1.165) is 0 Å². The van der Waals surface area contributed by atoms with Gasteiger partial charge < -0.3 is 18.3 Å². The van der Waals surface area contributed by atoms with E-state index in [-0.39, 0.29) is 16.0 Å². The summed E-state index contributed by atoms with van der Waals surface area (Å²) in [6, 6.07) is 42.9. The molecule has 0 heterocycles. The van der Waals surface area contributed by atoms with Crippen LogP contribution in [0, 0.1) is 5.92 Å². The average Bonchev–Trinajstić information content (AvgIpc) is 3.10. The van der Waals surface area contributed by atoms with Gasteiger partial charge in [0, 0.05) is 19.1 Å². The quantitative estimate of drug-likeness (QED) is 0.0642. The highest BCUT2D eigenvalue weighted by Crippen LogP contribution is 2.39. The second-order valence-electron chi connectivity index (χ2n) is 14.6. The first kappa shape index (κ1) is 38.4. The van der Waals surface area contributed by atoms with Gasteiger partial charge in [0.05, 0.1) is 12.7 Å². The Hall–Kier alpha value is -3.37. The van der Waals surface area contributed by atoms with E-state index in [1.54, 1.807) is 6.08 Å². The summed E-state index contributed by atoms with van der Waals surface area (Å²) < 4.78 is 27.6. The first-order chi connectivity index (χ1) is 23.4. The molecule has 4 aromatic carbocycles. The molecular weight excluding hydrogens is 637 g/mol. The maximum atomic E-state index is 7.44. The molecule has 0 aromatic heterocycles. The second kappa shape index (κ2) is 17.0. The van der Waals surface area contributed by atoms with Crippen LogP contribution in [0.25, 0.3) is 0 Å². The molecule has 0 aliphatic carbocycles. The summed E-state index contributed by atoms with van der Waals surface area (Å²) in [5.41, 5.74) is 0. The Labute approximate surface area is 298 Å². The molecule has 1 unspecified atom stereocenters. The largest absolute Gasteiger partial charge is 0.407 e. The van der Waals surface area contributed by atoms with Crippen molar-refractivity contribution in [1.82, 2.24) is 0 Å². The van der Waals surface area contributed by atoms with Crippen LogP contribution in [-0.2, 0) is 18.3 Å². The van der Waals surface area contributed by atoms with E-state index in [1.807, 2.05) is 13.0 Å². The fourth-order valence-corrected chi connectivity index (χ4v) is 16.2. The summed E-state index contributed by atoms with van der Waals surface area (Å²) in [5.74, 6) is -0.206. The Balaban J connectivity index is 1.79. The second-order valence-corrected chi connectivity index (χ2v) is 23.2. The third-order valence-electron chi connectivity index (χ3n) is 9.40. The van der Waals surface area contributed by atoms with Crippen LogP contribution in [0.5, 0.6) is 0 Å². The van der Waals surface area contributed by atoms with Gasteiger partial charge in [-0.2, -0.15) is 0 Å². The fraction of sp³-hybridized carbons (Fsp3) is 0.349. The van der Waals surface area contributed by atoms with Crippen molar-refractivity contribution in [2.24, 2.45) is 5.92 Å². The minimum atomic E-state index is -2.86. The lowest BCUT2D eigenvalue weighted by Gasteiger charge is -2.45. The van der Waals surface area contributed by atoms with Crippen LogP contribution < -0.4 is 20.7 Å². The van der Waals surface area contributed by atoms with Crippen LogP contribution in [0.2, 0.25) is 10.1 Å². The van der Waals surface area contributed by atoms with Crippen LogP contribution in [0.1, 0.15) is 48.5 Å². The zero-order valence-electron chi connectivity index (χ0n) is 30.6. The SMILES string of the molecule is C=CC(OCC)O[C@H](CO[Si](c1ccccc1)(c1ccccc1)C(C)(C)C)[C@H](C=C)CO[Si](c1ccccc1)(c1ccccc1)C(C)(C)C. The maximum Gasteiger partial charge on any atom is 0.261 e. The van der Waals surface area contributed by atoms with Crippen molar-refractivity contribution in [3.05, 3.63) is 147 Å². The zero-order chi connectivity index (χ0) is 35.5. The van der Waals surface area contributed by atoms with Gasteiger partial charge in [-0.15, -0.1) is 6.58 Å². The van der Waals surface area contributed by atoms with E-state index >= 15 is 0 Å². The maximum absolute atomic E-state index is 7.44. The van der Waals surface area contributed by atoms with E-state index in [9.17, 15) is 0 Å². The zero-order valence-corrected chi connectivity index (χ0v) is 32.6. The third-order valence-corrected chi connectivity index (χ3v) is 19.4. The van der Waals surface area contributed by atoms with Gasteiger partial charge in [0.15, 0.2) is 6.29 Å². The standard InChI is InChI=1S/C43H56O4Si2/c1-10-35(33-45-48(42(4,5)6,36-25-17-13-18-26-36)37-27-19-14-20-28-37)40(47-41(11-2)44-12-3)34-46-49(43(7,8)9,38-29-21-15-22-30-38)39-31-23-16-24-32-39/h10-11,13-32,35,40-41H,1-2,12,33-34H2,3-9H3/t35-,40-,41?/m1/s1. The van der Waals surface area contributed by atoms with Crippen molar-refractivity contribution in [2.75, 3.05) is 19.8 Å². The van der Waals surface area contributed by atoms with Gasteiger partial charge in [-0.3, -0.25) is 0 Å². The van der Waals surface area contributed by atoms with Gasteiger partial charge in [-0.1, -0.05) is 176 Å². The number of rotatable bonds is 17. The topological polar surface area (TPSA) is 36.9 Å². The van der Waals surface area contributed by atoms with Crippen LogP contribution in [0.15, 0.2) is 147 Å². The molecule has 0 amide bonds. The minimum absolute atomic E-state index is 0.168. The average molecular weight is 693 g/mol. The highest BCUT2D eigenvalue weighted by molar-refractivity contribution is 7.00. The molecular formula is C43H56O4Si2. The summed E-state index contributed by atoms with van der Waals surface area (Å²) in [5, 5.41) is 4.55. The molecule has 260 valence electrons. The minimum Gasteiger partial charge on any atom is -0.407 e. The van der Waals surface area contributed by atoms with Crippen molar-refractivity contribution in [1.29, 1.82) is 0 Å². The number of hydrogen-bond acceptors (Lipinski definition) is 4.